The van der Waals surface area contributed by atoms with Crippen LogP contribution in [0, 0.1) is 5.92 Å². The Morgan fingerprint density at radius 2 is 1.63 bits per heavy atom. The van der Waals surface area contributed by atoms with Crippen molar-refractivity contribution < 1.29 is 0 Å². The van der Waals surface area contributed by atoms with Crippen LogP contribution >= 0.6 is 0 Å². The lowest BCUT2D eigenvalue weighted by molar-refractivity contribution is 0.819. The maximum Gasteiger partial charge on any atom is 0.112 e. The van der Waals surface area contributed by atoms with Crippen molar-refractivity contribution in [1.29, 1.82) is 0 Å². The van der Waals surface area contributed by atoms with E-state index < -0.39 is 0 Å². The van der Waals surface area contributed by atoms with Crippen molar-refractivity contribution >= 4 is 17.2 Å². The van der Waals surface area contributed by atoms with Gasteiger partial charge in [-0.25, -0.2) is 4.99 Å². The molecule has 96 valence electrons. The molecule has 0 aromatic heterocycles. The van der Waals surface area contributed by atoms with Gasteiger partial charge in [0, 0.05) is 11.6 Å². The minimum absolute atomic E-state index is 0.411. The fraction of sp³-hybridized carbons (Fsp3) is 0.235. The monoisotopic (exact) mass is 250 g/mol. The Labute approximate surface area is 114 Å². The van der Waals surface area contributed by atoms with Crippen molar-refractivity contribution in [3.63, 3.8) is 0 Å². The maximum absolute atomic E-state index is 4.85. The first kappa shape index (κ1) is 12.0. The molecule has 0 amide bonds. The van der Waals surface area contributed by atoms with Crippen molar-refractivity contribution in [3.05, 3.63) is 60.2 Å². The molecule has 0 radical (unpaired) electrons. The SMILES string of the molecule is CC(C)C1=Nc2ccccc2CN1c1ccccc1. The van der Waals surface area contributed by atoms with Crippen LogP contribution in [0.1, 0.15) is 19.4 Å². The normalized spacial score (nSPS) is 14.3. The molecule has 0 fully saturated rings. The van der Waals surface area contributed by atoms with Gasteiger partial charge in [-0.2, -0.15) is 0 Å². The Kier molecular flexibility index (Phi) is 3.08. The van der Waals surface area contributed by atoms with Crippen LogP contribution in [0.5, 0.6) is 0 Å². The summed E-state index contributed by atoms with van der Waals surface area (Å²) in [7, 11) is 0. The van der Waals surface area contributed by atoms with Crippen LogP contribution in [0.4, 0.5) is 11.4 Å². The molecule has 3 rings (SSSR count). The maximum atomic E-state index is 4.85. The highest BCUT2D eigenvalue weighted by Crippen LogP contribution is 2.31. The van der Waals surface area contributed by atoms with Crippen LogP contribution in [-0.2, 0) is 6.54 Å². The third-order valence-electron chi connectivity index (χ3n) is 3.42. The summed E-state index contributed by atoms with van der Waals surface area (Å²) in [4.78, 5) is 7.16. The van der Waals surface area contributed by atoms with Crippen molar-refractivity contribution in [3.8, 4) is 0 Å². The smallest absolute Gasteiger partial charge is 0.112 e. The van der Waals surface area contributed by atoms with Gasteiger partial charge in [0.1, 0.15) is 5.84 Å². The lowest BCUT2D eigenvalue weighted by Crippen LogP contribution is -2.36. The molecule has 0 atom stereocenters. The van der Waals surface area contributed by atoms with E-state index in [2.05, 4.69) is 67.3 Å². The Morgan fingerprint density at radius 1 is 0.947 bits per heavy atom. The summed E-state index contributed by atoms with van der Waals surface area (Å²) in [6, 6.07) is 18.9. The predicted molar refractivity (Wildman–Crippen MR) is 81.0 cm³/mol. The molecule has 19 heavy (non-hydrogen) atoms. The van der Waals surface area contributed by atoms with Gasteiger partial charge in [-0.1, -0.05) is 50.2 Å². The van der Waals surface area contributed by atoms with Gasteiger partial charge in [0.2, 0.25) is 0 Å². The second-order valence-corrected chi connectivity index (χ2v) is 5.18. The molecule has 0 saturated heterocycles. The second-order valence-electron chi connectivity index (χ2n) is 5.18. The highest BCUT2D eigenvalue weighted by Gasteiger charge is 2.22. The molecule has 0 N–H and O–H groups in total. The number of hydrogen-bond acceptors (Lipinski definition) is 2. The van der Waals surface area contributed by atoms with Gasteiger partial charge in [-0.15, -0.1) is 0 Å². The topological polar surface area (TPSA) is 15.6 Å². The second kappa shape index (κ2) is 4.88. The summed E-state index contributed by atoms with van der Waals surface area (Å²) in [5, 5.41) is 0. The third-order valence-corrected chi connectivity index (χ3v) is 3.42. The van der Waals surface area contributed by atoms with E-state index in [9.17, 15) is 0 Å². The van der Waals surface area contributed by atoms with E-state index in [1.165, 1.54) is 11.3 Å². The van der Waals surface area contributed by atoms with E-state index in [0.717, 1.165) is 18.1 Å². The Morgan fingerprint density at radius 3 is 2.37 bits per heavy atom. The molecule has 2 aromatic rings. The third kappa shape index (κ3) is 2.26. The number of amidine groups is 1. The number of hydrogen-bond donors (Lipinski definition) is 0. The van der Waals surface area contributed by atoms with Crippen LogP contribution in [0.25, 0.3) is 0 Å². The lowest BCUT2D eigenvalue weighted by Gasteiger charge is -2.32. The van der Waals surface area contributed by atoms with Crippen molar-refractivity contribution in [2.75, 3.05) is 4.90 Å². The van der Waals surface area contributed by atoms with Crippen LogP contribution < -0.4 is 4.90 Å². The number of rotatable bonds is 2. The zero-order valence-corrected chi connectivity index (χ0v) is 11.4. The predicted octanol–water partition coefficient (Wildman–Crippen LogP) is 4.39. The zero-order chi connectivity index (χ0) is 13.2. The molecule has 0 spiro atoms. The van der Waals surface area contributed by atoms with Crippen molar-refractivity contribution in [2.45, 2.75) is 20.4 Å². The molecule has 0 aliphatic carbocycles. The quantitative estimate of drug-likeness (QED) is 0.771. The number of para-hydroxylation sites is 2. The first-order valence-electron chi connectivity index (χ1n) is 6.75. The number of fused-ring (bicyclic) bond motifs is 1. The van der Waals surface area contributed by atoms with E-state index in [0.29, 0.717) is 5.92 Å². The van der Waals surface area contributed by atoms with Gasteiger partial charge < -0.3 is 4.90 Å². The van der Waals surface area contributed by atoms with E-state index in [1.54, 1.807) is 0 Å². The van der Waals surface area contributed by atoms with Crippen LogP contribution in [0.15, 0.2) is 59.6 Å². The first-order valence-corrected chi connectivity index (χ1v) is 6.75. The average molecular weight is 250 g/mol. The molecule has 2 aromatic carbocycles. The van der Waals surface area contributed by atoms with E-state index in [-0.39, 0.29) is 0 Å². The Hall–Kier alpha value is -2.09. The molecule has 1 aliphatic heterocycles. The first-order chi connectivity index (χ1) is 9.25. The van der Waals surface area contributed by atoms with Gasteiger partial charge >= 0.3 is 0 Å². The summed E-state index contributed by atoms with van der Waals surface area (Å²) >= 11 is 0. The molecular weight excluding hydrogens is 232 g/mol. The van der Waals surface area contributed by atoms with Crippen molar-refractivity contribution in [2.24, 2.45) is 10.9 Å². The fourth-order valence-electron chi connectivity index (χ4n) is 2.46. The molecule has 1 heterocycles. The average Bonchev–Trinajstić information content (AvgIpc) is 2.46. The number of aliphatic imine (C=N–C) groups is 1. The highest BCUT2D eigenvalue weighted by molar-refractivity contribution is 6.02. The summed E-state index contributed by atoms with van der Waals surface area (Å²) in [6.45, 7) is 5.29. The van der Waals surface area contributed by atoms with Crippen LogP contribution in [0.2, 0.25) is 0 Å². The van der Waals surface area contributed by atoms with Gasteiger partial charge in [0.15, 0.2) is 0 Å². The molecular formula is C17H18N2. The standard InChI is InChI=1S/C17H18N2/c1-13(2)17-18-16-11-7-6-8-14(16)12-19(17)15-9-4-3-5-10-15/h3-11,13H,12H2,1-2H3. The Balaban J connectivity index is 2.07. The highest BCUT2D eigenvalue weighted by atomic mass is 15.2. The van der Waals surface area contributed by atoms with E-state index in [1.807, 2.05) is 6.07 Å². The summed E-state index contributed by atoms with van der Waals surface area (Å²) < 4.78 is 0. The van der Waals surface area contributed by atoms with E-state index in [4.69, 9.17) is 4.99 Å². The number of benzene rings is 2. The van der Waals surface area contributed by atoms with E-state index >= 15 is 0 Å². The fourth-order valence-corrected chi connectivity index (χ4v) is 2.46. The largest absolute Gasteiger partial charge is 0.325 e. The Bertz CT molecular complexity index is 600. The molecule has 2 nitrogen and oxygen atoms in total. The summed E-state index contributed by atoms with van der Waals surface area (Å²) in [6.07, 6.45) is 0. The summed E-state index contributed by atoms with van der Waals surface area (Å²) in [5.74, 6) is 1.55. The van der Waals surface area contributed by atoms with Gasteiger partial charge in [-0.05, 0) is 23.8 Å². The minimum Gasteiger partial charge on any atom is -0.325 e. The molecule has 2 heteroatoms. The zero-order valence-electron chi connectivity index (χ0n) is 11.4. The number of anilines is 1. The summed E-state index contributed by atoms with van der Waals surface area (Å²) in [5.41, 5.74) is 3.61. The number of nitrogens with zero attached hydrogens (tertiary/aromatic N) is 2. The van der Waals surface area contributed by atoms with Gasteiger partial charge in [0.05, 0.1) is 12.2 Å². The lowest BCUT2D eigenvalue weighted by atomic mass is 10.1. The van der Waals surface area contributed by atoms with Crippen LogP contribution in [-0.4, -0.2) is 5.84 Å². The minimum atomic E-state index is 0.411. The van der Waals surface area contributed by atoms with Crippen LogP contribution in [0.3, 0.4) is 0 Å². The van der Waals surface area contributed by atoms with Gasteiger partial charge in [-0.3, -0.25) is 0 Å². The molecule has 0 unspecified atom stereocenters. The van der Waals surface area contributed by atoms with Crippen molar-refractivity contribution in [1.82, 2.24) is 0 Å². The molecule has 1 aliphatic rings. The van der Waals surface area contributed by atoms with Gasteiger partial charge in [0.25, 0.3) is 0 Å². The molecule has 0 saturated carbocycles. The molecule has 0 bridgehead atoms.